The molecule has 44 heavy (non-hydrogen) atoms. The molecular weight excluding hydrogens is 552 g/mol. The van der Waals surface area contributed by atoms with Crippen molar-refractivity contribution in [1.29, 1.82) is 5.26 Å². The predicted octanol–water partition coefficient (Wildman–Crippen LogP) is 4.74. The summed E-state index contributed by atoms with van der Waals surface area (Å²) in [6, 6.07) is 5.81. The molecular formula is C35H50N6O3. The lowest BCUT2D eigenvalue weighted by molar-refractivity contribution is -0.164. The first-order valence-corrected chi connectivity index (χ1v) is 16.2. The molecule has 0 spiro atoms. The lowest BCUT2D eigenvalue weighted by Gasteiger charge is -2.63. The highest BCUT2D eigenvalue weighted by Crippen LogP contribution is 2.55. The first-order chi connectivity index (χ1) is 20.7. The van der Waals surface area contributed by atoms with Crippen LogP contribution in [-0.4, -0.2) is 76.9 Å². The third-order valence-electron chi connectivity index (χ3n) is 10.9. The lowest BCUT2D eigenvalue weighted by Crippen LogP contribution is -2.74. The van der Waals surface area contributed by atoms with Crippen LogP contribution in [0.5, 0.6) is 5.75 Å². The number of hydrogen-bond donors (Lipinski definition) is 2. The highest BCUT2D eigenvalue weighted by molar-refractivity contribution is 5.94. The largest absolute Gasteiger partial charge is 0.489 e. The number of benzene rings is 1. The van der Waals surface area contributed by atoms with Crippen molar-refractivity contribution in [2.75, 3.05) is 37.6 Å². The summed E-state index contributed by atoms with van der Waals surface area (Å²) in [7, 11) is 0. The van der Waals surface area contributed by atoms with Gasteiger partial charge in [-0.2, -0.15) is 5.26 Å². The van der Waals surface area contributed by atoms with Crippen molar-refractivity contribution in [2.24, 2.45) is 28.6 Å². The van der Waals surface area contributed by atoms with Crippen LogP contribution in [0.25, 0.3) is 0 Å². The van der Waals surface area contributed by atoms with E-state index in [1.807, 2.05) is 26.0 Å². The Hall–Kier alpha value is -3.22. The Balaban J connectivity index is 1.19. The number of anilines is 1. The van der Waals surface area contributed by atoms with E-state index < -0.39 is 0 Å². The second kappa shape index (κ2) is 12.3. The number of amides is 1. The zero-order chi connectivity index (χ0) is 32.0. The van der Waals surface area contributed by atoms with E-state index in [0.29, 0.717) is 34.8 Å². The molecule has 1 saturated carbocycles. The van der Waals surface area contributed by atoms with E-state index in [4.69, 9.17) is 4.74 Å². The van der Waals surface area contributed by atoms with Crippen LogP contribution in [0.15, 0.2) is 24.5 Å². The smallest absolute Gasteiger partial charge is 0.254 e. The molecule has 1 amide bonds. The highest BCUT2D eigenvalue weighted by Gasteiger charge is 2.64. The van der Waals surface area contributed by atoms with Gasteiger partial charge in [0.1, 0.15) is 11.9 Å². The molecule has 9 heteroatoms. The van der Waals surface area contributed by atoms with Crippen molar-refractivity contribution in [3.63, 3.8) is 0 Å². The molecule has 9 nitrogen and oxygen atoms in total. The second-order valence-electron chi connectivity index (χ2n) is 14.8. The van der Waals surface area contributed by atoms with Crippen molar-refractivity contribution < 1.29 is 14.6 Å². The van der Waals surface area contributed by atoms with Crippen LogP contribution >= 0.6 is 0 Å². The Morgan fingerprint density at radius 3 is 2.20 bits per heavy atom. The number of ether oxygens (including phenoxy) is 1. The van der Waals surface area contributed by atoms with Crippen molar-refractivity contribution >= 4 is 11.9 Å². The van der Waals surface area contributed by atoms with Crippen LogP contribution in [0.2, 0.25) is 0 Å². The van der Waals surface area contributed by atoms with E-state index in [1.54, 1.807) is 12.4 Å². The van der Waals surface area contributed by atoms with Gasteiger partial charge in [-0.25, -0.2) is 9.97 Å². The minimum Gasteiger partial charge on any atom is -0.489 e. The fraction of sp³-hybridized carbons (Fsp3) is 0.657. The summed E-state index contributed by atoms with van der Waals surface area (Å²) in [5, 5.41) is 22.5. The first-order valence-electron chi connectivity index (χ1n) is 16.2. The van der Waals surface area contributed by atoms with Gasteiger partial charge in [-0.15, -0.1) is 0 Å². The third kappa shape index (κ3) is 6.03. The molecule has 2 saturated heterocycles. The molecule has 2 atom stereocenters. The SMILES string of the molecule is Cc1c(C#N)ccc(OC2C(C)(C)C(NC(=O)c3cnc(N4CC(C)C(CN5CCC(O)CC5)C(C)C4)nc3)C2(C)C)c1C. The molecule has 1 aliphatic carbocycles. The standard InChI is InChI=1S/C35H50N6O3/c1-21-18-41(19-22(2)28(21)20-40-13-11-27(42)12-14-40)33-37-16-26(17-38-33)30(43)39-31-34(5,6)32(35(31,7)8)44-29-10-9-25(15-36)23(3)24(29)4/h9-10,16-17,21-22,27-28,31-32,42H,11-14,18-20H2,1-8H3,(H,39,43). The summed E-state index contributed by atoms with van der Waals surface area (Å²) in [6.07, 6.45) is 4.77. The summed E-state index contributed by atoms with van der Waals surface area (Å²) in [4.78, 5) is 27.4. The first kappa shape index (κ1) is 32.2. The van der Waals surface area contributed by atoms with Crippen LogP contribution in [0.4, 0.5) is 5.95 Å². The number of piperidine rings is 2. The fourth-order valence-corrected chi connectivity index (χ4v) is 8.31. The maximum atomic E-state index is 13.4. The Labute approximate surface area is 263 Å². The second-order valence-corrected chi connectivity index (χ2v) is 14.8. The number of rotatable bonds is 7. The molecule has 2 aliphatic heterocycles. The van der Waals surface area contributed by atoms with Gasteiger partial charge in [0.2, 0.25) is 5.95 Å². The lowest BCUT2D eigenvalue weighted by atomic mass is 9.49. The van der Waals surface area contributed by atoms with Gasteiger partial charge in [0, 0.05) is 62.0 Å². The Morgan fingerprint density at radius 2 is 1.64 bits per heavy atom. The third-order valence-corrected chi connectivity index (χ3v) is 10.9. The minimum atomic E-state index is -0.321. The van der Waals surface area contributed by atoms with Crippen molar-refractivity contribution in [2.45, 2.75) is 86.5 Å². The monoisotopic (exact) mass is 602 g/mol. The van der Waals surface area contributed by atoms with Gasteiger partial charge in [0.15, 0.2) is 0 Å². The van der Waals surface area contributed by atoms with Crippen LogP contribution in [-0.2, 0) is 0 Å². The van der Waals surface area contributed by atoms with Gasteiger partial charge in [-0.1, -0.05) is 41.5 Å². The average Bonchev–Trinajstić information content (AvgIpc) is 2.99. The molecule has 3 heterocycles. The fourth-order valence-electron chi connectivity index (χ4n) is 8.31. The van der Waals surface area contributed by atoms with Gasteiger partial charge in [-0.3, -0.25) is 4.79 Å². The van der Waals surface area contributed by atoms with Crippen LogP contribution < -0.4 is 15.0 Å². The number of aliphatic hydroxyl groups is 1. The number of likely N-dealkylation sites (tertiary alicyclic amines) is 1. The van der Waals surface area contributed by atoms with Crippen molar-refractivity contribution in [1.82, 2.24) is 20.2 Å². The summed E-state index contributed by atoms with van der Waals surface area (Å²) >= 11 is 0. The van der Waals surface area contributed by atoms with E-state index in [1.165, 1.54) is 0 Å². The maximum Gasteiger partial charge on any atom is 0.254 e. The zero-order valence-electron chi connectivity index (χ0n) is 27.7. The van der Waals surface area contributed by atoms with Crippen LogP contribution in [0.1, 0.15) is 81.4 Å². The molecule has 2 aromatic rings. The summed E-state index contributed by atoms with van der Waals surface area (Å²) < 4.78 is 6.56. The molecule has 238 valence electrons. The van der Waals surface area contributed by atoms with E-state index in [-0.39, 0.29) is 35.0 Å². The summed E-state index contributed by atoms with van der Waals surface area (Å²) in [5.74, 6) is 2.85. The quantitative estimate of drug-likeness (QED) is 0.467. The molecule has 0 radical (unpaired) electrons. The molecule has 3 aliphatic rings. The minimum absolute atomic E-state index is 0.115. The summed E-state index contributed by atoms with van der Waals surface area (Å²) in [5.41, 5.74) is 2.37. The Kier molecular flexibility index (Phi) is 8.99. The zero-order valence-corrected chi connectivity index (χ0v) is 27.7. The number of nitrogens with zero attached hydrogens (tertiary/aromatic N) is 5. The molecule has 2 N–H and O–H groups in total. The van der Waals surface area contributed by atoms with Gasteiger partial charge in [-0.05, 0) is 67.7 Å². The number of aromatic nitrogens is 2. The van der Waals surface area contributed by atoms with Gasteiger partial charge >= 0.3 is 0 Å². The molecule has 2 unspecified atom stereocenters. The Bertz CT molecular complexity index is 1360. The van der Waals surface area contributed by atoms with Crippen LogP contribution in [0.3, 0.4) is 0 Å². The maximum absolute atomic E-state index is 13.4. The summed E-state index contributed by atoms with van der Waals surface area (Å²) in [6.45, 7) is 21.9. The van der Waals surface area contributed by atoms with E-state index in [2.05, 4.69) is 72.7 Å². The molecule has 5 rings (SSSR count). The molecule has 0 bridgehead atoms. The van der Waals surface area contributed by atoms with E-state index in [9.17, 15) is 15.2 Å². The number of nitrogens with one attached hydrogen (secondary N) is 1. The number of nitriles is 1. The van der Waals surface area contributed by atoms with Gasteiger partial charge in [0.05, 0.1) is 23.3 Å². The van der Waals surface area contributed by atoms with Crippen molar-refractivity contribution in [3.8, 4) is 11.8 Å². The molecule has 1 aromatic heterocycles. The molecule has 3 fully saturated rings. The predicted molar refractivity (Wildman–Crippen MR) is 172 cm³/mol. The Morgan fingerprint density at radius 1 is 1.05 bits per heavy atom. The average molecular weight is 603 g/mol. The number of hydrogen-bond acceptors (Lipinski definition) is 8. The van der Waals surface area contributed by atoms with Crippen LogP contribution in [0, 0.1) is 53.8 Å². The number of carbonyl (C=O) groups is 1. The topological polar surface area (TPSA) is 115 Å². The number of carbonyl (C=O) groups excluding carboxylic acids is 1. The highest BCUT2D eigenvalue weighted by atomic mass is 16.5. The van der Waals surface area contributed by atoms with Gasteiger partial charge in [0.25, 0.3) is 5.91 Å². The van der Waals surface area contributed by atoms with Gasteiger partial charge < -0.3 is 25.0 Å². The number of aliphatic hydroxyl groups excluding tert-OH is 1. The normalized spacial score (nSPS) is 28.5. The van der Waals surface area contributed by atoms with Crippen molar-refractivity contribution in [3.05, 3.63) is 46.8 Å². The van der Waals surface area contributed by atoms with E-state index in [0.717, 1.165) is 62.4 Å². The van der Waals surface area contributed by atoms with E-state index >= 15 is 0 Å². The molecule has 1 aromatic carbocycles.